The number of hydrogen-bond donors (Lipinski definition) is 1. The van der Waals surface area contributed by atoms with Gasteiger partial charge in [0.15, 0.2) is 0 Å². The molecular formula is C16H25NO. The zero-order valence-electron chi connectivity index (χ0n) is 11.8. The first-order valence-electron chi connectivity index (χ1n) is 6.80. The molecule has 1 aromatic rings. The molecule has 2 heteroatoms. The molecule has 0 aromatic heterocycles. The van der Waals surface area contributed by atoms with Gasteiger partial charge in [-0.3, -0.25) is 0 Å². The van der Waals surface area contributed by atoms with Crippen molar-refractivity contribution in [2.75, 3.05) is 13.2 Å². The maximum Gasteiger partial charge on any atom is 0.119 e. The predicted octanol–water partition coefficient (Wildman–Crippen LogP) is 3.86. The minimum absolute atomic E-state index is 0.496. The predicted molar refractivity (Wildman–Crippen MR) is 78.7 cm³/mol. The molecule has 0 aliphatic heterocycles. The van der Waals surface area contributed by atoms with Crippen molar-refractivity contribution in [3.63, 3.8) is 0 Å². The molecule has 2 nitrogen and oxygen atoms in total. The molecule has 0 aliphatic rings. The topological polar surface area (TPSA) is 35.2 Å². The lowest BCUT2D eigenvalue weighted by atomic mass is 10.0. The van der Waals surface area contributed by atoms with Crippen molar-refractivity contribution in [1.29, 1.82) is 0 Å². The van der Waals surface area contributed by atoms with Gasteiger partial charge in [-0.2, -0.15) is 0 Å². The monoisotopic (exact) mass is 247 g/mol. The van der Waals surface area contributed by atoms with Crippen molar-refractivity contribution in [3.05, 3.63) is 35.4 Å². The van der Waals surface area contributed by atoms with Crippen molar-refractivity contribution in [2.24, 2.45) is 11.7 Å². The highest BCUT2D eigenvalue weighted by Gasteiger charge is 2.01. The fraction of sp³-hybridized carbons (Fsp3) is 0.500. The Morgan fingerprint density at radius 3 is 2.44 bits per heavy atom. The summed E-state index contributed by atoms with van der Waals surface area (Å²) in [5.41, 5.74) is 8.20. The number of benzene rings is 1. The molecule has 0 atom stereocenters. The SMILES string of the molecule is CCCCOc1ccc(C=C(CN)C(C)C)cc1. The molecule has 0 fully saturated rings. The third-order valence-electron chi connectivity index (χ3n) is 2.98. The summed E-state index contributed by atoms with van der Waals surface area (Å²) in [6.45, 7) is 7.91. The lowest BCUT2D eigenvalue weighted by Gasteiger charge is -2.09. The van der Waals surface area contributed by atoms with Crippen LogP contribution in [0.3, 0.4) is 0 Å². The van der Waals surface area contributed by atoms with Crippen LogP contribution in [-0.4, -0.2) is 13.2 Å². The van der Waals surface area contributed by atoms with Gasteiger partial charge in [-0.15, -0.1) is 0 Å². The van der Waals surface area contributed by atoms with Gasteiger partial charge in [0.1, 0.15) is 5.75 Å². The molecule has 0 amide bonds. The Morgan fingerprint density at radius 2 is 1.94 bits per heavy atom. The lowest BCUT2D eigenvalue weighted by molar-refractivity contribution is 0.309. The minimum atomic E-state index is 0.496. The first-order chi connectivity index (χ1) is 8.67. The number of hydrogen-bond acceptors (Lipinski definition) is 2. The summed E-state index contributed by atoms with van der Waals surface area (Å²) in [5.74, 6) is 1.44. The van der Waals surface area contributed by atoms with Crippen LogP contribution in [0.1, 0.15) is 39.2 Å². The van der Waals surface area contributed by atoms with Crippen LogP contribution in [0.2, 0.25) is 0 Å². The molecule has 1 aromatic carbocycles. The van der Waals surface area contributed by atoms with Crippen molar-refractivity contribution in [1.82, 2.24) is 0 Å². The maximum absolute atomic E-state index is 5.74. The van der Waals surface area contributed by atoms with Crippen LogP contribution in [0, 0.1) is 5.92 Å². The summed E-state index contributed by atoms with van der Waals surface area (Å²) in [4.78, 5) is 0. The Morgan fingerprint density at radius 1 is 1.28 bits per heavy atom. The van der Waals surface area contributed by atoms with Gasteiger partial charge in [-0.25, -0.2) is 0 Å². The van der Waals surface area contributed by atoms with Gasteiger partial charge in [0.2, 0.25) is 0 Å². The summed E-state index contributed by atoms with van der Waals surface area (Å²) < 4.78 is 5.63. The highest BCUT2D eigenvalue weighted by Crippen LogP contribution is 2.17. The molecule has 0 spiro atoms. The average molecular weight is 247 g/mol. The van der Waals surface area contributed by atoms with Gasteiger partial charge in [0, 0.05) is 6.54 Å². The van der Waals surface area contributed by atoms with E-state index in [-0.39, 0.29) is 0 Å². The third-order valence-corrected chi connectivity index (χ3v) is 2.98. The van der Waals surface area contributed by atoms with Gasteiger partial charge in [0.05, 0.1) is 6.61 Å². The lowest BCUT2D eigenvalue weighted by Crippen LogP contribution is -2.08. The van der Waals surface area contributed by atoms with Crippen molar-refractivity contribution < 1.29 is 4.74 Å². The van der Waals surface area contributed by atoms with E-state index in [1.807, 2.05) is 12.1 Å². The van der Waals surface area contributed by atoms with Crippen molar-refractivity contribution in [3.8, 4) is 5.75 Å². The highest BCUT2D eigenvalue weighted by atomic mass is 16.5. The minimum Gasteiger partial charge on any atom is -0.494 e. The Kier molecular flexibility index (Phi) is 6.51. The molecule has 100 valence electrons. The van der Waals surface area contributed by atoms with Crippen molar-refractivity contribution >= 4 is 6.08 Å². The molecule has 18 heavy (non-hydrogen) atoms. The molecule has 1 rings (SSSR count). The van der Waals surface area contributed by atoms with Crippen LogP contribution >= 0.6 is 0 Å². The van der Waals surface area contributed by atoms with E-state index in [0.717, 1.165) is 25.2 Å². The molecule has 0 aliphatic carbocycles. The molecule has 2 N–H and O–H groups in total. The van der Waals surface area contributed by atoms with Crippen LogP contribution in [0.5, 0.6) is 5.75 Å². The molecule has 0 saturated heterocycles. The summed E-state index contributed by atoms with van der Waals surface area (Å²) in [6.07, 6.45) is 4.43. The summed E-state index contributed by atoms with van der Waals surface area (Å²) in [5, 5.41) is 0. The normalized spacial score (nSPS) is 11.9. The Bertz CT molecular complexity index is 365. The number of ether oxygens (including phenoxy) is 1. The van der Waals surface area contributed by atoms with Gasteiger partial charge < -0.3 is 10.5 Å². The zero-order valence-corrected chi connectivity index (χ0v) is 11.8. The second kappa shape index (κ2) is 7.93. The van der Waals surface area contributed by atoms with Gasteiger partial charge in [-0.1, -0.05) is 51.0 Å². The molecule has 0 bridgehead atoms. The highest BCUT2D eigenvalue weighted by molar-refractivity contribution is 5.54. The fourth-order valence-electron chi connectivity index (χ4n) is 1.67. The second-order valence-electron chi connectivity index (χ2n) is 4.85. The molecule has 0 radical (unpaired) electrons. The van der Waals surface area contributed by atoms with Crippen LogP contribution < -0.4 is 10.5 Å². The Balaban J connectivity index is 2.64. The van der Waals surface area contributed by atoms with E-state index in [1.165, 1.54) is 11.1 Å². The first-order valence-corrected chi connectivity index (χ1v) is 6.80. The Labute approximate surface area is 111 Å². The van der Waals surface area contributed by atoms with E-state index in [1.54, 1.807) is 0 Å². The van der Waals surface area contributed by atoms with Crippen LogP contribution in [-0.2, 0) is 0 Å². The van der Waals surface area contributed by atoms with E-state index in [4.69, 9.17) is 10.5 Å². The van der Waals surface area contributed by atoms with E-state index < -0.39 is 0 Å². The summed E-state index contributed by atoms with van der Waals surface area (Å²) >= 11 is 0. The van der Waals surface area contributed by atoms with Crippen LogP contribution in [0.4, 0.5) is 0 Å². The number of unbranched alkanes of at least 4 members (excludes halogenated alkanes) is 1. The zero-order chi connectivity index (χ0) is 13.4. The van der Waals surface area contributed by atoms with Crippen LogP contribution in [0.15, 0.2) is 29.8 Å². The van der Waals surface area contributed by atoms with E-state index in [9.17, 15) is 0 Å². The smallest absolute Gasteiger partial charge is 0.119 e. The average Bonchev–Trinajstić information content (AvgIpc) is 2.37. The van der Waals surface area contributed by atoms with E-state index in [2.05, 4.69) is 39.0 Å². The first kappa shape index (κ1) is 14.8. The summed E-state index contributed by atoms with van der Waals surface area (Å²) in [7, 11) is 0. The Hall–Kier alpha value is -1.28. The molecule has 0 heterocycles. The van der Waals surface area contributed by atoms with Crippen molar-refractivity contribution in [2.45, 2.75) is 33.6 Å². The van der Waals surface area contributed by atoms with Gasteiger partial charge in [-0.05, 0) is 30.0 Å². The quantitative estimate of drug-likeness (QED) is 0.742. The van der Waals surface area contributed by atoms with E-state index in [0.29, 0.717) is 12.5 Å². The molecule has 0 unspecified atom stereocenters. The van der Waals surface area contributed by atoms with E-state index >= 15 is 0 Å². The largest absolute Gasteiger partial charge is 0.494 e. The standard InChI is InChI=1S/C16H25NO/c1-4-5-10-18-16-8-6-14(7-9-16)11-15(12-17)13(2)3/h6-9,11,13H,4-5,10,12,17H2,1-3H3. The van der Waals surface area contributed by atoms with Gasteiger partial charge in [0.25, 0.3) is 0 Å². The molecule has 0 saturated carbocycles. The fourth-order valence-corrected chi connectivity index (χ4v) is 1.67. The molecular weight excluding hydrogens is 222 g/mol. The third kappa shape index (κ3) is 4.92. The number of nitrogens with two attached hydrogens (primary N) is 1. The number of rotatable bonds is 7. The van der Waals surface area contributed by atoms with Gasteiger partial charge >= 0.3 is 0 Å². The maximum atomic E-state index is 5.74. The summed E-state index contributed by atoms with van der Waals surface area (Å²) in [6, 6.07) is 8.21. The van der Waals surface area contributed by atoms with Crippen LogP contribution in [0.25, 0.3) is 6.08 Å². The second-order valence-corrected chi connectivity index (χ2v) is 4.85.